The van der Waals surface area contributed by atoms with Crippen LogP contribution in [0.25, 0.3) is 0 Å². The summed E-state index contributed by atoms with van der Waals surface area (Å²) in [6.45, 7) is 5.28. The van der Waals surface area contributed by atoms with Crippen molar-refractivity contribution in [2.75, 3.05) is 6.54 Å². The lowest BCUT2D eigenvalue weighted by Crippen LogP contribution is -2.38. The van der Waals surface area contributed by atoms with E-state index in [1.54, 1.807) is 0 Å². The number of carbonyl (C=O) groups is 1. The molecule has 3 N–H and O–H groups in total. The van der Waals surface area contributed by atoms with E-state index in [2.05, 4.69) is 19.2 Å². The van der Waals surface area contributed by atoms with Crippen molar-refractivity contribution < 1.29 is 4.79 Å². The van der Waals surface area contributed by atoms with Crippen LogP contribution in [-0.2, 0) is 4.79 Å². The van der Waals surface area contributed by atoms with Crippen LogP contribution < -0.4 is 11.1 Å². The largest absolute Gasteiger partial charge is 0.393 e. The summed E-state index contributed by atoms with van der Waals surface area (Å²) < 4.78 is 0. The predicted octanol–water partition coefficient (Wildman–Crippen LogP) is 2.39. The van der Waals surface area contributed by atoms with Gasteiger partial charge in [-0.2, -0.15) is 0 Å². The average Bonchev–Trinajstić information content (AvgIpc) is 2.62. The first-order valence-electron chi connectivity index (χ1n) is 6.48. The summed E-state index contributed by atoms with van der Waals surface area (Å²) >= 11 is 4.74. The molecule has 3 nitrogen and oxygen atoms in total. The number of nitrogens with two attached hydrogens (primary N) is 1. The third-order valence-corrected chi connectivity index (χ3v) is 3.65. The maximum atomic E-state index is 11.6. The van der Waals surface area contributed by atoms with Gasteiger partial charge in [-0.05, 0) is 30.6 Å². The number of carbonyl (C=O) groups excluding carboxylic acids is 1. The molecule has 17 heavy (non-hydrogen) atoms. The zero-order chi connectivity index (χ0) is 12.9. The fourth-order valence-electron chi connectivity index (χ4n) is 2.95. The molecule has 1 aliphatic carbocycles. The highest BCUT2D eigenvalue weighted by Crippen LogP contribution is 2.42. The van der Waals surface area contributed by atoms with Gasteiger partial charge in [0.05, 0.1) is 11.4 Å². The molecule has 0 aromatic rings. The van der Waals surface area contributed by atoms with E-state index in [4.69, 9.17) is 18.0 Å². The van der Waals surface area contributed by atoms with Gasteiger partial charge in [-0.1, -0.05) is 38.9 Å². The van der Waals surface area contributed by atoms with Crippen molar-refractivity contribution in [3.8, 4) is 0 Å². The van der Waals surface area contributed by atoms with Gasteiger partial charge in [0.15, 0.2) is 0 Å². The Kier molecular flexibility index (Phi) is 5.37. The van der Waals surface area contributed by atoms with Gasteiger partial charge >= 0.3 is 0 Å². The Balaban J connectivity index is 2.44. The number of amides is 1. The highest BCUT2D eigenvalue weighted by atomic mass is 32.1. The molecule has 0 heterocycles. The van der Waals surface area contributed by atoms with Gasteiger partial charge in [0.2, 0.25) is 5.91 Å². The normalized spacial score (nSPS) is 18.3. The fourth-order valence-corrected chi connectivity index (χ4v) is 3.08. The third-order valence-electron chi connectivity index (χ3n) is 3.50. The zero-order valence-electron chi connectivity index (χ0n) is 10.9. The fraction of sp³-hybridized carbons (Fsp3) is 0.846. The van der Waals surface area contributed by atoms with Crippen LogP contribution in [0, 0.1) is 11.3 Å². The van der Waals surface area contributed by atoms with Crippen molar-refractivity contribution in [2.45, 2.75) is 52.4 Å². The van der Waals surface area contributed by atoms with Crippen LogP contribution in [0.2, 0.25) is 0 Å². The number of nitrogens with one attached hydrogen (secondary N) is 1. The molecule has 98 valence electrons. The van der Waals surface area contributed by atoms with Crippen LogP contribution in [0.5, 0.6) is 0 Å². The minimum Gasteiger partial charge on any atom is -0.393 e. The van der Waals surface area contributed by atoms with Crippen LogP contribution in [0.1, 0.15) is 52.4 Å². The highest BCUT2D eigenvalue weighted by molar-refractivity contribution is 7.80. The SMILES string of the molecule is CC(C)CC1(CNC(=O)CC(N)=S)CCCC1. The van der Waals surface area contributed by atoms with Crippen LogP contribution >= 0.6 is 12.2 Å². The molecule has 1 aliphatic rings. The van der Waals surface area contributed by atoms with E-state index in [9.17, 15) is 4.79 Å². The molecule has 0 spiro atoms. The Hall–Kier alpha value is -0.640. The van der Waals surface area contributed by atoms with Crippen molar-refractivity contribution in [3.05, 3.63) is 0 Å². The van der Waals surface area contributed by atoms with E-state index in [0.717, 1.165) is 6.54 Å². The molecule has 0 bridgehead atoms. The number of thiocarbonyl (C=S) groups is 1. The molecule has 0 unspecified atom stereocenters. The molecule has 1 fully saturated rings. The Labute approximate surface area is 110 Å². The highest BCUT2D eigenvalue weighted by Gasteiger charge is 2.34. The van der Waals surface area contributed by atoms with Gasteiger partial charge < -0.3 is 11.1 Å². The van der Waals surface area contributed by atoms with Crippen molar-refractivity contribution in [2.24, 2.45) is 17.1 Å². The van der Waals surface area contributed by atoms with Crippen molar-refractivity contribution in [1.82, 2.24) is 5.32 Å². The van der Waals surface area contributed by atoms with E-state index >= 15 is 0 Å². The van der Waals surface area contributed by atoms with Crippen molar-refractivity contribution in [1.29, 1.82) is 0 Å². The first-order valence-corrected chi connectivity index (χ1v) is 6.89. The van der Waals surface area contributed by atoms with Gasteiger partial charge in [0.1, 0.15) is 0 Å². The van der Waals surface area contributed by atoms with Gasteiger partial charge in [-0.15, -0.1) is 0 Å². The molecule has 1 amide bonds. The molecule has 0 atom stereocenters. The van der Waals surface area contributed by atoms with E-state index in [0.29, 0.717) is 11.3 Å². The number of rotatable bonds is 6. The van der Waals surface area contributed by atoms with Crippen molar-refractivity contribution >= 4 is 23.1 Å². The molecule has 4 heteroatoms. The minimum atomic E-state index is -0.0347. The van der Waals surface area contributed by atoms with E-state index in [-0.39, 0.29) is 17.3 Å². The Morgan fingerprint density at radius 3 is 2.47 bits per heavy atom. The number of hydrogen-bond donors (Lipinski definition) is 2. The van der Waals surface area contributed by atoms with E-state index in [1.165, 1.54) is 32.1 Å². The summed E-state index contributed by atoms with van der Waals surface area (Å²) in [6, 6.07) is 0. The van der Waals surface area contributed by atoms with Crippen LogP contribution in [0.15, 0.2) is 0 Å². The predicted molar refractivity (Wildman–Crippen MR) is 74.8 cm³/mol. The summed E-state index contributed by atoms with van der Waals surface area (Å²) in [6.07, 6.45) is 6.42. The summed E-state index contributed by atoms with van der Waals surface area (Å²) in [7, 11) is 0. The second-order valence-corrected chi connectivity index (χ2v) is 6.25. The van der Waals surface area contributed by atoms with Crippen molar-refractivity contribution in [3.63, 3.8) is 0 Å². The first kappa shape index (κ1) is 14.4. The second-order valence-electron chi connectivity index (χ2n) is 5.72. The van der Waals surface area contributed by atoms with E-state index in [1.807, 2.05) is 0 Å². The maximum absolute atomic E-state index is 11.6. The molecule has 0 aromatic carbocycles. The third kappa shape index (κ3) is 5.02. The van der Waals surface area contributed by atoms with Gasteiger partial charge in [0.25, 0.3) is 0 Å². The summed E-state index contributed by atoms with van der Waals surface area (Å²) in [5.41, 5.74) is 5.68. The minimum absolute atomic E-state index is 0.0347. The molecule has 0 saturated heterocycles. The lowest BCUT2D eigenvalue weighted by atomic mass is 9.78. The van der Waals surface area contributed by atoms with Crippen LogP contribution in [-0.4, -0.2) is 17.4 Å². The second kappa shape index (κ2) is 6.34. The van der Waals surface area contributed by atoms with Gasteiger partial charge in [0, 0.05) is 6.54 Å². The lowest BCUT2D eigenvalue weighted by molar-refractivity contribution is -0.120. The Bertz CT molecular complexity index is 283. The topological polar surface area (TPSA) is 55.1 Å². The Morgan fingerprint density at radius 1 is 1.41 bits per heavy atom. The molecular formula is C13H24N2OS. The summed E-state index contributed by atoms with van der Waals surface area (Å²) in [5.74, 6) is 0.646. The average molecular weight is 256 g/mol. The molecule has 1 rings (SSSR count). The molecular weight excluding hydrogens is 232 g/mol. The Morgan fingerprint density at radius 2 is 2.00 bits per heavy atom. The standard InChI is InChI=1S/C13H24N2OS/c1-10(2)8-13(5-3-4-6-13)9-15-12(16)7-11(14)17/h10H,3-9H2,1-2H3,(H2,14,17)(H,15,16). The monoisotopic (exact) mass is 256 g/mol. The van der Waals surface area contributed by atoms with E-state index < -0.39 is 0 Å². The van der Waals surface area contributed by atoms with Crippen LogP contribution in [0.4, 0.5) is 0 Å². The first-order chi connectivity index (χ1) is 7.93. The smallest absolute Gasteiger partial charge is 0.226 e. The number of hydrogen-bond acceptors (Lipinski definition) is 2. The molecule has 0 radical (unpaired) electrons. The summed E-state index contributed by atoms with van der Waals surface area (Å²) in [4.78, 5) is 11.8. The molecule has 1 saturated carbocycles. The van der Waals surface area contributed by atoms with Gasteiger partial charge in [-0.3, -0.25) is 4.79 Å². The van der Waals surface area contributed by atoms with Gasteiger partial charge in [-0.25, -0.2) is 0 Å². The quantitative estimate of drug-likeness (QED) is 0.717. The zero-order valence-corrected chi connectivity index (χ0v) is 11.7. The molecule has 0 aliphatic heterocycles. The lowest BCUT2D eigenvalue weighted by Gasteiger charge is -2.31. The maximum Gasteiger partial charge on any atom is 0.226 e. The summed E-state index contributed by atoms with van der Waals surface area (Å²) in [5, 5.41) is 3.00. The van der Waals surface area contributed by atoms with Crippen LogP contribution in [0.3, 0.4) is 0 Å². The molecule has 0 aromatic heterocycles.